The fourth-order valence-corrected chi connectivity index (χ4v) is 9.82. The van der Waals surface area contributed by atoms with Crippen LogP contribution in [-0.2, 0) is 0 Å². The molecule has 0 radical (unpaired) electrons. The molecule has 0 amide bonds. The molecule has 0 aliphatic heterocycles. The molecule has 0 unspecified atom stereocenters. The summed E-state index contributed by atoms with van der Waals surface area (Å²) in [5.74, 6) is 0. The van der Waals surface area contributed by atoms with Gasteiger partial charge >= 0.3 is 0 Å². The summed E-state index contributed by atoms with van der Waals surface area (Å²) in [6.45, 7) is 0. The lowest BCUT2D eigenvalue weighted by Crippen LogP contribution is -2.11. The van der Waals surface area contributed by atoms with Crippen molar-refractivity contribution in [2.75, 3.05) is 4.90 Å². The standard InChI is InChI=1S/C64H44N2/c1-3-16-45(17-4-1)46-30-32-47(33-31-46)48-34-39-53(40-35-48)65(64-44-52(38-43-58(64)50-18-5-2-6-19-50)56-26-15-21-49-20-7-8-22-55(49)56)54-41-36-51(37-42-54)57-23-9-12-27-61(57)66-62-28-13-10-24-59(62)60-25-11-14-29-63(60)66/h1-44H. The molecule has 0 N–H and O–H groups in total. The van der Waals surface area contributed by atoms with Gasteiger partial charge in [-0.3, -0.25) is 0 Å². The number of rotatable bonds is 9. The monoisotopic (exact) mass is 840 g/mol. The minimum absolute atomic E-state index is 1.07. The average Bonchev–Trinajstić information content (AvgIpc) is 3.74. The Morgan fingerprint density at radius 3 is 1.32 bits per heavy atom. The highest BCUT2D eigenvalue weighted by Crippen LogP contribution is 2.45. The molecule has 1 aromatic heterocycles. The van der Waals surface area contributed by atoms with Gasteiger partial charge in [0.1, 0.15) is 0 Å². The molecule has 0 aliphatic carbocycles. The molecule has 1 heterocycles. The van der Waals surface area contributed by atoms with Crippen molar-refractivity contribution < 1.29 is 0 Å². The van der Waals surface area contributed by atoms with Crippen LogP contribution in [0.3, 0.4) is 0 Å². The smallest absolute Gasteiger partial charge is 0.0546 e. The van der Waals surface area contributed by atoms with E-state index in [1.165, 1.54) is 71.5 Å². The second kappa shape index (κ2) is 16.8. The van der Waals surface area contributed by atoms with E-state index in [4.69, 9.17) is 0 Å². The molecule has 2 heteroatoms. The molecule has 0 fully saturated rings. The van der Waals surface area contributed by atoms with Crippen molar-refractivity contribution in [2.24, 2.45) is 0 Å². The second-order valence-corrected chi connectivity index (χ2v) is 16.9. The van der Waals surface area contributed by atoms with E-state index in [-0.39, 0.29) is 0 Å². The molecule has 12 rings (SSSR count). The van der Waals surface area contributed by atoms with Gasteiger partial charge in [-0.1, -0.05) is 218 Å². The number of hydrogen-bond acceptors (Lipinski definition) is 1. The van der Waals surface area contributed by atoms with Gasteiger partial charge in [0.15, 0.2) is 0 Å². The Kier molecular flexibility index (Phi) is 9.89. The predicted octanol–water partition coefficient (Wildman–Crippen LogP) is 17.7. The van der Waals surface area contributed by atoms with Gasteiger partial charge in [-0.25, -0.2) is 0 Å². The van der Waals surface area contributed by atoms with E-state index in [9.17, 15) is 0 Å². The maximum absolute atomic E-state index is 2.43. The van der Waals surface area contributed by atoms with Gasteiger partial charge in [-0.05, 0) is 104 Å². The maximum atomic E-state index is 2.43. The van der Waals surface area contributed by atoms with E-state index in [0.29, 0.717) is 0 Å². The summed E-state index contributed by atoms with van der Waals surface area (Å²) in [7, 11) is 0. The first-order valence-electron chi connectivity index (χ1n) is 22.7. The number of para-hydroxylation sites is 3. The second-order valence-electron chi connectivity index (χ2n) is 16.9. The summed E-state index contributed by atoms with van der Waals surface area (Å²) in [5, 5.41) is 4.97. The molecule has 12 aromatic rings. The molecule has 0 aliphatic rings. The topological polar surface area (TPSA) is 8.17 Å². The normalized spacial score (nSPS) is 11.3. The third-order valence-corrected chi connectivity index (χ3v) is 13.0. The van der Waals surface area contributed by atoms with E-state index in [1.807, 2.05) is 0 Å². The highest BCUT2D eigenvalue weighted by atomic mass is 15.1. The molecule has 0 spiro atoms. The van der Waals surface area contributed by atoms with E-state index in [2.05, 4.69) is 276 Å². The molecule has 11 aromatic carbocycles. The quantitative estimate of drug-likeness (QED) is 0.141. The minimum Gasteiger partial charge on any atom is -0.310 e. The van der Waals surface area contributed by atoms with Crippen LogP contribution >= 0.6 is 0 Å². The van der Waals surface area contributed by atoms with Crippen molar-refractivity contribution in [3.63, 3.8) is 0 Å². The molecule has 310 valence electrons. The fourth-order valence-electron chi connectivity index (χ4n) is 9.82. The zero-order valence-corrected chi connectivity index (χ0v) is 36.3. The number of aromatic nitrogens is 1. The Balaban J connectivity index is 1.01. The predicted molar refractivity (Wildman–Crippen MR) is 280 cm³/mol. The molecule has 2 nitrogen and oxygen atoms in total. The van der Waals surface area contributed by atoms with Crippen LogP contribution in [0, 0.1) is 0 Å². The molecule has 0 atom stereocenters. The average molecular weight is 841 g/mol. The van der Waals surface area contributed by atoms with Gasteiger partial charge in [-0.2, -0.15) is 0 Å². The summed E-state index contributed by atoms with van der Waals surface area (Å²) < 4.78 is 2.42. The third-order valence-electron chi connectivity index (χ3n) is 13.0. The van der Waals surface area contributed by atoms with E-state index < -0.39 is 0 Å². The molecular weight excluding hydrogens is 797 g/mol. The van der Waals surface area contributed by atoms with E-state index in [1.54, 1.807) is 0 Å². The summed E-state index contributed by atoms with van der Waals surface area (Å²) in [6.07, 6.45) is 0. The Morgan fingerprint density at radius 1 is 0.258 bits per heavy atom. The number of nitrogens with zero attached hydrogens (tertiary/aromatic N) is 2. The zero-order valence-electron chi connectivity index (χ0n) is 36.3. The van der Waals surface area contributed by atoms with Crippen molar-refractivity contribution in [2.45, 2.75) is 0 Å². The van der Waals surface area contributed by atoms with Gasteiger partial charge in [0, 0.05) is 33.3 Å². The van der Waals surface area contributed by atoms with Gasteiger partial charge < -0.3 is 9.47 Å². The van der Waals surface area contributed by atoms with Crippen LogP contribution in [0.15, 0.2) is 267 Å². The van der Waals surface area contributed by atoms with Crippen molar-refractivity contribution in [3.05, 3.63) is 267 Å². The van der Waals surface area contributed by atoms with Crippen LogP contribution in [0.4, 0.5) is 17.1 Å². The zero-order chi connectivity index (χ0) is 43.8. The Labute approximate surface area is 385 Å². The molecule has 0 bridgehead atoms. The van der Waals surface area contributed by atoms with E-state index >= 15 is 0 Å². The van der Waals surface area contributed by atoms with Crippen LogP contribution in [-0.4, -0.2) is 4.57 Å². The van der Waals surface area contributed by atoms with Crippen LogP contribution in [0.1, 0.15) is 0 Å². The van der Waals surface area contributed by atoms with Gasteiger partial charge in [-0.15, -0.1) is 0 Å². The number of benzene rings is 11. The maximum Gasteiger partial charge on any atom is 0.0546 e. The number of anilines is 3. The van der Waals surface area contributed by atoms with Crippen molar-refractivity contribution in [1.82, 2.24) is 4.57 Å². The molecule has 66 heavy (non-hydrogen) atoms. The SMILES string of the molecule is c1ccc(-c2ccc(-c3ccc(N(c4ccc(-c5ccccc5-n5c6ccccc6c6ccccc65)cc4)c4cc(-c5cccc6ccccc56)ccc4-c4ccccc4)cc3)cc2)cc1. The summed E-state index contributed by atoms with van der Waals surface area (Å²) in [5.41, 5.74) is 18.6. The Hall–Kier alpha value is -8.72. The van der Waals surface area contributed by atoms with E-state index in [0.717, 1.165) is 39.4 Å². The molecule has 0 saturated carbocycles. The summed E-state index contributed by atoms with van der Waals surface area (Å²) in [6, 6.07) is 96.9. The van der Waals surface area contributed by atoms with Crippen LogP contribution in [0.5, 0.6) is 0 Å². The highest BCUT2D eigenvalue weighted by Gasteiger charge is 2.21. The fraction of sp³-hybridized carbons (Fsp3) is 0. The lowest BCUT2D eigenvalue weighted by Gasteiger charge is -2.29. The minimum atomic E-state index is 1.07. The number of fused-ring (bicyclic) bond motifs is 4. The van der Waals surface area contributed by atoms with Gasteiger partial charge in [0.2, 0.25) is 0 Å². The number of hydrogen-bond donors (Lipinski definition) is 0. The van der Waals surface area contributed by atoms with Crippen LogP contribution in [0.25, 0.3) is 93.9 Å². The van der Waals surface area contributed by atoms with Gasteiger partial charge in [0.25, 0.3) is 0 Å². The first-order valence-corrected chi connectivity index (χ1v) is 22.7. The molecule has 0 saturated heterocycles. The lowest BCUT2D eigenvalue weighted by molar-refractivity contribution is 1.18. The van der Waals surface area contributed by atoms with Crippen LogP contribution in [0.2, 0.25) is 0 Å². The van der Waals surface area contributed by atoms with Crippen molar-refractivity contribution >= 4 is 49.6 Å². The first kappa shape index (κ1) is 38.9. The summed E-state index contributed by atoms with van der Waals surface area (Å²) >= 11 is 0. The largest absolute Gasteiger partial charge is 0.310 e. The van der Waals surface area contributed by atoms with Crippen molar-refractivity contribution in [3.8, 4) is 61.3 Å². The van der Waals surface area contributed by atoms with Crippen molar-refractivity contribution in [1.29, 1.82) is 0 Å². The third kappa shape index (κ3) is 7.02. The lowest BCUT2D eigenvalue weighted by atomic mass is 9.94. The Morgan fingerprint density at radius 2 is 0.682 bits per heavy atom. The molecular formula is C64H44N2. The highest BCUT2D eigenvalue weighted by molar-refractivity contribution is 6.10. The Bertz CT molecular complexity index is 3600. The first-order chi connectivity index (χ1) is 32.7. The van der Waals surface area contributed by atoms with Gasteiger partial charge in [0.05, 0.1) is 22.4 Å². The summed E-state index contributed by atoms with van der Waals surface area (Å²) in [4.78, 5) is 2.43. The van der Waals surface area contributed by atoms with Crippen LogP contribution < -0.4 is 4.90 Å².